The van der Waals surface area contributed by atoms with E-state index in [4.69, 9.17) is 9.15 Å². The van der Waals surface area contributed by atoms with Crippen molar-refractivity contribution >= 4 is 28.8 Å². The molecule has 1 atom stereocenters. The molecule has 2 aliphatic heterocycles. The highest BCUT2D eigenvalue weighted by Crippen LogP contribution is 2.43. The number of rotatable bonds is 3. The number of aliphatic hydroxyl groups is 1. The van der Waals surface area contributed by atoms with Gasteiger partial charge in [-0.3, -0.25) is 14.5 Å². The number of nitrogens with zero attached hydrogens (tertiary/aromatic N) is 2. The van der Waals surface area contributed by atoms with E-state index in [2.05, 4.69) is 0 Å². The van der Waals surface area contributed by atoms with Gasteiger partial charge in [0.1, 0.15) is 29.9 Å². The zero-order valence-electron chi connectivity index (χ0n) is 17.7. The molecule has 1 unspecified atom stereocenters. The fraction of sp³-hybridized carbons (Fsp3) is 0.200. The number of likely N-dealkylation sites (N-methyl/N-ethyl adjacent to an activating group) is 1. The number of aliphatic hydroxyl groups excluding tert-OH is 1. The summed E-state index contributed by atoms with van der Waals surface area (Å²) < 4.78 is 11.3. The van der Waals surface area contributed by atoms with Gasteiger partial charge in [0.15, 0.2) is 0 Å². The predicted octanol–water partition coefficient (Wildman–Crippen LogP) is 4.04. The summed E-state index contributed by atoms with van der Waals surface area (Å²) in [5, 5.41) is 11.3. The van der Waals surface area contributed by atoms with Crippen molar-refractivity contribution in [1.29, 1.82) is 0 Å². The van der Waals surface area contributed by atoms with E-state index < -0.39 is 17.7 Å². The number of Topliss-reactive ketones (excluding diaryl/α,β-unsaturated/α-hetero) is 1. The van der Waals surface area contributed by atoms with Crippen molar-refractivity contribution in [3.63, 3.8) is 0 Å². The van der Waals surface area contributed by atoms with Crippen LogP contribution in [0.15, 0.2) is 70.9 Å². The van der Waals surface area contributed by atoms with E-state index in [1.54, 1.807) is 42.5 Å². The number of furan rings is 1. The van der Waals surface area contributed by atoms with Crippen molar-refractivity contribution in [2.24, 2.45) is 0 Å². The predicted molar refractivity (Wildman–Crippen MR) is 120 cm³/mol. The summed E-state index contributed by atoms with van der Waals surface area (Å²) in [5.74, 6) is -0.620. The van der Waals surface area contributed by atoms with Gasteiger partial charge < -0.3 is 19.2 Å². The molecule has 1 aromatic heterocycles. The second-order valence-corrected chi connectivity index (χ2v) is 7.97. The monoisotopic (exact) mass is 430 g/mol. The summed E-state index contributed by atoms with van der Waals surface area (Å²) >= 11 is 0. The highest BCUT2D eigenvalue weighted by Gasteiger charge is 2.48. The summed E-state index contributed by atoms with van der Waals surface area (Å²) in [6.07, 6.45) is 1.48. The quantitative estimate of drug-likeness (QED) is 0.384. The molecule has 0 saturated carbocycles. The fourth-order valence-corrected chi connectivity index (χ4v) is 4.17. The molecular weight excluding hydrogens is 408 g/mol. The third-order valence-electron chi connectivity index (χ3n) is 5.90. The van der Waals surface area contributed by atoms with Crippen molar-refractivity contribution in [2.45, 2.75) is 13.0 Å². The summed E-state index contributed by atoms with van der Waals surface area (Å²) in [5.41, 5.74) is 2.81. The van der Waals surface area contributed by atoms with Gasteiger partial charge >= 0.3 is 0 Å². The number of carbonyl (C=O) groups is 2. The number of hydrogen-bond acceptors (Lipinski definition) is 6. The number of benzene rings is 2. The molecule has 5 rings (SSSR count). The first kappa shape index (κ1) is 19.9. The zero-order chi connectivity index (χ0) is 22.4. The molecule has 1 saturated heterocycles. The van der Waals surface area contributed by atoms with Gasteiger partial charge in [0.25, 0.3) is 11.7 Å². The van der Waals surface area contributed by atoms with Crippen LogP contribution >= 0.6 is 0 Å². The SMILES string of the molecule is Cc1ccc(N2C(=O)C(=O)/C(=C(\O)c3ccc4c(c3)N(C)CCO4)C2c2ccco2)cc1. The molecule has 7 nitrogen and oxygen atoms in total. The Kier molecular flexibility index (Phi) is 4.74. The summed E-state index contributed by atoms with van der Waals surface area (Å²) in [6.45, 7) is 3.23. The summed E-state index contributed by atoms with van der Waals surface area (Å²) in [6, 6.07) is 15.0. The summed E-state index contributed by atoms with van der Waals surface area (Å²) in [7, 11) is 1.93. The van der Waals surface area contributed by atoms with Gasteiger partial charge in [0.05, 0.1) is 24.1 Å². The van der Waals surface area contributed by atoms with Crippen LogP contribution < -0.4 is 14.5 Å². The molecule has 7 heteroatoms. The molecule has 3 heterocycles. The second-order valence-electron chi connectivity index (χ2n) is 7.97. The Morgan fingerprint density at radius 2 is 1.88 bits per heavy atom. The molecule has 3 aromatic rings. The lowest BCUT2D eigenvalue weighted by molar-refractivity contribution is -0.132. The van der Waals surface area contributed by atoms with Crippen molar-refractivity contribution in [3.8, 4) is 5.75 Å². The van der Waals surface area contributed by atoms with Crippen LogP contribution in [0.2, 0.25) is 0 Å². The largest absolute Gasteiger partial charge is 0.507 e. The Balaban J connectivity index is 1.67. The molecule has 1 amide bonds. The van der Waals surface area contributed by atoms with Crippen molar-refractivity contribution in [1.82, 2.24) is 0 Å². The average Bonchev–Trinajstić information content (AvgIpc) is 3.41. The van der Waals surface area contributed by atoms with E-state index in [-0.39, 0.29) is 11.3 Å². The standard InChI is InChI=1S/C25H22N2O5/c1-15-5-8-17(9-6-15)27-22(20-4-3-12-31-20)21(24(29)25(27)30)23(28)16-7-10-19-18(14-16)26(2)11-13-32-19/h3-10,12,14,22,28H,11,13H2,1-2H3/b23-21-. The molecule has 162 valence electrons. The smallest absolute Gasteiger partial charge is 0.300 e. The van der Waals surface area contributed by atoms with Gasteiger partial charge in [0, 0.05) is 18.3 Å². The van der Waals surface area contributed by atoms with E-state index in [1.165, 1.54) is 11.2 Å². The van der Waals surface area contributed by atoms with Gasteiger partial charge in [-0.25, -0.2) is 0 Å². The summed E-state index contributed by atoms with van der Waals surface area (Å²) in [4.78, 5) is 29.6. The molecule has 32 heavy (non-hydrogen) atoms. The minimum atomic E-state index is -0.877. The van der Waals surface area contributed by atoms with E-state index in [1.807, 2.05) is 31.0 Å². The van der Waals surface area contributed by atoms with Gasteiger partial charge in [-0.1, -0.05) is 17.7 Å². The minimum Gasteiger partial charge on any atom is -0.507 e. The maximum atomic E-state index is 13.1. The second kappa shape index (κ2) is 7.60. The Morgan fingerprint density at radius 1 is 1.09 bits per heavy atom. The maximum Gasteiger partial charge on any atom is 0.300 e. The number of fused-ring (bicyclic) bond motifs is 1. The van der Waals surface area contributed by atoms with E-state index in [0.717, 1.165) is 11.3 Å². The number of ether oxygens (including phenoxy) is 1. The van der Waals surface area contributed by atoms with Crippen LogP contribution in [0.5, 0.6) is 5.75 Å². The van der Waals surface area contributed by atoms with E-state index in [0.29, 0.717) is 35.9 Å². The normalized spacial score (nSPS) is 19.8. The van der Waals surface area contributed by atoms with Crippen LogP contribution in [0.25, 0.3) is 5.76 Å². The number of amides is 1. The minimum absolute atomic E-state index is 0.00939. The molecule has 2 aliphatic rings. The highest BCUT2D eigenvalue weighted by atomic mass is 16.5. The number of anilines is 2. The van der Waals surface area contributed by atoms with Crippen LogP contribution in [0.1, 0.15) is 22.9 Å². The number of carbonyl (C=O) groups excluding carboxylic acids is 2. The van der Waals surface area contributed by atoms with Crippen LogP contribution in [0.4, 0.5) is 11.4 Å². The zero-order valence-corrected chi connectivity index (χ0v) is 17.7. The number of ketones is 1. The average molecular weight is 430 g/mol. The fourth-order valence-electron chi connectivity index (χ4n) is 4.17. The Hall–Kier alpha value is -4.00. The third kappa shape index (κ3) is 3.13. The highest BCUT2D eigenvalue weighted by molar-refractivity contribution is 6.51. The molecular formula is C25H22N2O5. The van der Waals surface area contributed by atoms with Crippen LogP contribution in [0.3, 0.4) is 0 Å². The van der Waals surface area contributed by atoms with Crippen molar-refractivity contribution < 1.29 is 23.8 Å². The lowest BCUT2D eigenvalue weighted by Crippen LogP contribution is -2.29. The van der Waals surface area contributed by atoms with Crippen LogP contribution in [0, 0.1) is 6.92 Å². The van der Waals surface area contributed by atoms with Gasteiger partial charge in [-0.15, -0.1) is 0 Å². The topological polar surface area (TPSA) is 83.2 Å². The van der Waals surface area contributed by atoms with E-state index >= 15 is 0 Å². The molecule has 0 radical (unpaired) electrons. The Bertz CT molecular complexity index is 1230. The molecule has 1 N–H and O–H groups in total. The lowest BCUT2D eigenvalue weighted by Gasteiger charge is -2.28. The van der Waals surface area contributed by atoms with Crippen LogP contribution in [-0.4, -0.2) is 37.0 Å². The molecule has 0 aliphatic carbocycles. The Labute approximate surface area is 185 Å². The number of hydrogen-bond donors (Lipinski definition) is 1. The first-order chi connectivity index (χ1) is 15.5. The van der Waals surface area contributed by atoms with Crippen LogP contribution in [-0.2, 0) is 9.59 Å². The molecule has 2 aromatic carbocycles. The van der Waals surface area contributed by atoms with Crippen molar-refractivity contribution in [2.75, 3.05) is 30.0 Å². The lowest BCUT2D eigenvalue weighted by atomic mass is 9.98. The van der Waals surface area contributed by atoms with Gasteiger partial charge in [0.2, 0.25) is 0 Å². The van der Waals surface area contributed by atoms with E-state index in [9.17, 15) is 14.7 Å². The van der Waals surface area contributed by atoms with Gasteiger partial charge in [-0.05, 0) is 49.4 Å². The molecule has 0 bridgehead atoms. The number of aryl methyl sites for hydroxylation is 1. The molecule has 0 spiro atoms. The third-order valence-corrected chi connectivity index (χ3v) is 5.90. The first-order valence-corrected chi connectivity index (χ1v) is 10.3. The van der Waals surface area contributed by atoms with Gasteiger partial charge in [-0.2, -0.15) is 0 Å². The molecule has 1 fully saturated rings. The Morgan fingerprint density at radius 3 is 2.59 bits per heavy atom. The maximum absolute atomic E-state index is 13.1. The van der Waals surface area contributed by atoms with Crippen molar-refractivity contribution in [3.05, 3.63) is 83.3 Å². The first-order valence-electron chi connectivity index (χ1n) is 10.3.